The lowest BCUT2D eigenvalue weighted by Crippen LogP contribution is -2.36. The number of aromatic nitrogens is 4. The van der Waals surface area contributed by atoms with Crippen LogP contribution in [0.5, 0.6) is 11.5 Å². The largest absolute Gasteiger partial charge is 0.493 e. The zero-order valence-electron chi connectivity index (χ0n) is 20.0. The summed E-state index contributed by atoms with van der Waals surface area (Å²) < 4.78 is 55.1. The first-order valence-corrected chi connectivity index (χ1v) is 10.9. The molecule has 1 aliphatic heterocycles. The first-order valence-electron chi connectivity index (χ1n) is 10.9. The molecule has 0 saturated heterocycles. The number of carbonyl (C=O) groups excluding carboxylic acids is 1. The van der Waals surface area contributed by atoms with E-state index in [0.717, 1.165) is 27.8 Å². The van der Waals surface area contributed by atoms with Crippen LogP contribution in [0.15, 0.2) is 24.4 Å². The predicted molar refractivity (Wildman–Crippen MR) is 122 cm³/mol. The second kappa shape index (κ2) is 9.16. The monoisotopic (exact) mass is 492 g/mol. The van der Waals surface area contributed by atoms with Gasteiger partial charge >= 0.3 is 6.18 Å². The standard InChI is InChI=1S/C23H27F3N6O3/c1-12-15(13(2)31(3)30-12)10-27-22(33)16-11-28-32-20(23(24,25)26)9-17(29-21(16)32)14-6-7-18(34-4)19(8-14)35-5/h6-8,11,17,20,29H,9-10H2,1-5H3,(H,27,33)/t17-,20+/m0/s1. The smallest absolute Gasteiger partial charge is 0.410 e. The fraction of sp³-hybridized carbons (Fsp3) is 0.435. The van der Waals surface area contributed by atoms with Gasteiger partial charge in [-0.15, -0.1) is 0 Å². The number of anilines is 1. The van der Waals surface area contributed by atoms with E-state index in [-0.39, 0.29) is 24.3 Å². The lowest BCUT2D eigenvalue weighted by molar-refractivity contribution is -0.173. The molecule has 0 bridgehead atoms. The number of hydrogen-bond acceptors (Lipinski definition) is 6. The molecule has 2 atom stereocenters. The lowest BCUT2D eigenvalue weighted by atomic mass is 9.96. The number of alkyl halides is 3. The van der Waals surface area contributed by atoms with Crippen molar-refractivity contribution in [2.24, 2.45) is 7.05 Å². The van der Waals surface area contributed by atoms with Gasteiger partial charge in [0.15, 0.2) is 17.5 Å². The van der Waals surface area contributed by atoms with Crippen LogP contribution in [-0.2, 0) is 13.6 Å². The molecule has 9 nitrogen and oxygen atoms in total. The van der Waals surface area contributed by atoms with Crippen LogP contribution in [0.25, 0.3) is 0 Å². The third kappa shape index (κ3) is 4.52. The number of amides is 1. The van der Waals surface area contributed by atoms with E-state index in [9.17, 15) is 18.0 Å². The number of hydrogen-bond donors (Lipinski definition) is 2. The van der Waals surface area contributed by atoms with Gasteiger partial charge in [0.05, 0.1) is 32.2 Å². The lowest BCUT2D eigenvalue weighted by Gasteiger charge is -2.34. The zero-order valence-corrected chi connectivity index (χ0v) is 20.0. The molecule has 1 aromatic carbocycles. The Bertz CT molecular complexity index is 1250. The summed E-state index contributed by atoms with van der Waals surface area (Å²) in [5.41, 5.74) is 3.11. The molecule has 1 aliphatic rings. The minimum absolute atomic E-state index is 0.00971. The summed E-state index contributed by atoms with van der Waals surface area (Å²) in [6.45, 7) is 3.91. The van der Waals surface area contributed by atoms with E-state index in [0.29, 0.717) is 17.1 Å². The highest BCUT2D eigenvalue weighted by Crippen LogP contribution is 2.45. The third-order valence-corrected chi connectivity index (χ3v) is 6.38. The quantitative estimate of drug-likeness (QED) is 0.543. The Labute approximate surface area is 200 Å². The fourth-order valence-electron chi connectivity index (χ4n) is 4.35. The first kappa shape index (κ1) is 24.4. The van der Waals surface area contributed by atoms with Gasteiger partial charge < -0.3 is 20.1 Å². The molecule has 0 aliphatic carbocycles. The number of methoxy groups -OCH3 is 2. The maximum absolute atomic E-state index is 14.0. The summed E-state index contributed by atoms with van der Waals surface area (Å²) in [7, 11) is 4.74. The summed E-state index contributed by atoms with van der Waals surface area (Å²) in [5, 5.41) is 14.1. The van der Waals surface area contributed by atoms with Gasteiger partial charge in [-0.3, -0.25) is 9.48 Å². The van der Waals surface area contributed by atoms with Gasteiger partial charge in [0.1, 0.15) is 11.4 Å². The van der Waals surface area contributed by atoms with E-state index in [4.69, 9.17) is 9.47 Å². The minimum atomic E-state index is -4.56. The van der Waals surface area contributed by atoms with E-state index in [2.05, 4.69) is 20.8 Å². The van der Waals surface area contributed by atoms with E-state index < -0.39 is 24.2 Å². The highest BCUT2D eigenvalue weighted by Gasteiger charge is 2.47. The van der Waals surface area contributed by atoms with Crippen LogP contribution in [-0.4, -0.2) is 45.9 Å². The Morgan fingerprint density at radius 1 is 1.23 bits per heavy atom. The number of nitrogens with zero attached hydrogens (tertiary/aromatic N) is 4. The maximum atomic E-state index is 14.0. The molecule has 3 heterocycles. The minimum Gasteiger partial charge on any atom is -0.493 e. The Morgan fingerprint density at radius 2 is 1.94 bits per heavy atom. The van der Waals surface area contributed by atoms with E-state index in [1.807, 2.05) is 13.8 Å². The van der Waals surface area contributed by atoms with Gasteiger partial charge in [-0.2, -0.15) is 23.4 Å². The Morgan fingerprint density at radius 3 is 2.54 bits per heavy atom. The number of fused-ring (bicyclic) bond motifs is 1. The van der Waals surface area contributed by atoms with Crippen molar-refractivity contribution in [1.82, 2.24) is 24.9 Å². The average Bonchev–Trinajstić information content (AvgIpc) is 3.35. The van der Waals surface area contributed by atoms with Gasteiger partial charge in [0, 0.05) is 31.3 Å². The normalized spacial score (nSPS) is 17.5. The van der Waals surface area contributed by atoms with Crippen LogP contribution in [0.1, 0.15) is 51.4 Å². The molecule has 35 heavy (non-hydrogen) atoms. The Kier molecular flexibility index (Phi) is 6.39. The molecule has 3 aromatic rings. The van der Waals surface area contributed by atoms with Crippen molar-refractivity contribution in [2.75, 3.05) is 19.5 Å². The Hall–Kier alpha value is -3.70. The number of rotatable bonds is 6. The molecule has 1 amide bonds. The van der Waals surface area contributed by atoms with E-state index >= 15 is 0 Å². The van der Waals surface area contributed by atoms with Crippen LogP contribution in [0.3, 0.4) is 0 Å². The molecule has 0 radical (unpaired) electrons. The van der Waals surface area contributed by atoms with Crippen LogP contribution in [0.2, 0.25) is 0 Å². The van der Waals surface area contributed by atoms with Crippen molar-refractivity contribution in [2.45, 2.75) is 45.1 Å². The third-order valence-electron chi connectivity index (χ3n) is 6.38. The van der Waals surface area contributed by atoms with Crippen molar-refractivity contribution >= 4 is 11.7 Å². The molecule has 2 N–H and O–H groups in total. The summed E-state index contributed by atoms with van der Waals surface area (Å²) >= 11 is 0. The second-order valence-corrected chi connectivity index (χ2v) is 8.41. The zero-order chi connectivity index (χ0) is 25.5. The van der Waals surface area contributed by atoms with Gasteiger partial charge in [0.25, 0.3) is 5.91 Å². The van der Waals surface area contributed by atoms with Gasteiger partial charge in [-0.05, 0) is 31.5 Å². The van der Waals surface area contributed by atoms with Crippen molar-refractivity contribution in [3.63, 3.8) is 0 Å². The molecule has 0 fully saturated rings. The predicted octanol–water partition coefficient (Wildman–Crippen LogP) is 3.84. The summed E-state index contributed by atoms with van der Waals surface area (Å²) in [6, 6.07) is 2.30. The van der Waals surface area contributed by atoms with E-state index in [1.165, 1.54) is 14.2 Å². The van der Waals surface area contributed by atoms with Gasteiger partial charge in [-0.25, -0.2) is 4.68 Å². The molecular weight excluding hydrogens is 465 g/mol. The highest BCUT2D eigenvalue weighted by atomic mass is 19.4. The van der Waals surface area contributed by atoms with Crippen molar-refractivity contribution in [3.8, 4) is 11.5 Å². The SMILES string of the molecule is COc1ccc([C@@H]2C[C@H](C(F)(F)F)n3ncc(C(=O)NCc4c(C)nn(C)c4C)c3N2)cc1OC. The molecule has 0 spiro atoms. The number of ether oxygens (including phenoxy) is 2. The van der Waals surface area contributed by atoms with Gasteiger partial charge in [0.2, 0.25) is 0 Å². The molecule has 188 valence electrons. The number of carbonyl (C=O) groups is 1. The summed E-state index contributed by atoms with van der Waals surface area (Å²) in [5.74, 6) is 0.339. The van der Waals surface area contributed by atoms with Crippen LogP contribution >= 0.6 is 0 Å². The Balaban J connectivity index is 1.65. The molecular formula is C23H27F3N6O3. The van der Waals surface area contributed by atoms with Crippen molar-refractivity contribution in [3.05, 3.63) is 52.5 Å². The number of aryl methyl sites for hydroxylation is 2. The number of nitrogens with one attached hydrogen (secondary N) is 2. The van der Waals surface area contributed by atoms with E-state index in [1.54, 1.807) is 29.9 Å². The maximum Gasteiger partial charge on any atom is 0.410 e. The molecule has 2 aromatic heterocycles. The summed E-state index contributed by atoms with van der Waals surface area (Å²) in [4.78, 5) is 13.0. The van der Waals surface area contributed by atoms with Crippen molar-refractivity contribution < 1.29 is 27.4 Å². The molecule has 0 unspecified atom stereocenters. The van der Waals surface area contributed by atoms with Crippen molar-refractivity contribution in [1.29, 1.82) is 0 Å². The number of halogens is 3. The average molecular weight is 493 g/mol. The second-order valence-electron chi connectivity index (χ2n) is 8.41. The fourth-order valence-corrected chi connectivity index (χ4v) is 4.35. The molecule has 0 saturated carbocycles. The van der Waals surface area contributed by atoms with Crippen LogP contribution in [0, 0.1) is 13.8 Å². The van der Waals surface area contributed by atoms with Gasteiger partial charge in [-0.1, -0.05) is 6.07 Å². The highest BCUT2D eigenvalue weighted by molar-refractivity contribution is 5.98. The topological polar surface area (TPSA) is 95.2 Å². The molecule has 12 heteroatoms. The number of benzene rings is 1. The first-order chi connectivity index (χ1) is 16.5. The van der Waals surface area contributed by atoms with Crippen LogP contribution < -0.4 is 20.1 Å². The molecule has 4 rings (SSSR count). The van der Waals surface area contributed by atoms with Crippen LogP contribution in [0.4, 0.5) is 19.0 Å². The summed E-state index contributed by atoms with van der Waals surface area (Å²) in [6.07, 6.45) is -3.70.